The van der Waals surface area contributed by atoms with Gasteiger partial charge in [0.2, 0.25) is 21.8 Å². The Hall–Kier alpha value is -2.87. The molecular formula is C27H39N3O4S. The van der Waals surface area contributed by atoms with Gasteiger partial charge >= 0.3 is 0 Å². The zero-order valence-electron chi connectivity index (χ0n) is 21.6. The summed E-state index contributed by atoms with van der Waals surface area (Å²) < 4.78 is 26.3. The van der Waals surface area contributed by atoms with Gasteiger partial charge in [-0.25, -0.2) is 8.42 Å². The number of nitrogens with one attached hydrogen (secondary N) is 1. The van der Waals surface area contributed by atoms with Crippen LogP contribution in [0.3, 0.4) is 0 Å². The summed E-state index contributed by atoms with van der Waals surface area (Å²) in [6.07, 6.45) is 3.50. The number of sulfonamides is 1. The molecule has 0 radical (unpaired) electrons. The van der Waals surface area contributed by atoms with E-state index in [-0.39, 0.29) is 24.8 Å². The second-order valence-corrected chi connectivity index (χ2v) is 11.0. The number of amides is 2. The van der Waals surface area contributed by atoms with Gasteiger partial charge in [-0.3, -0.25) is 13.9 Å². The highest BCUT2D eigenvalue weighted by molar-refractivity contribution is 7.92. The molecule has 2 aromatic rings. The number of hydrogen-bond acceptors (Lipinski definition) is 4. The van der Waals surface area contributed by atoms with Crippen molar-refractivity contribution in [2.24, 2.45) is 0 Å². The Kier molecular flexibility index (Phi) is 10.8. The lowest BCUT2D eigenvalue weighted by atomic mass is 10.1. The van der Waals surface area contributed by atoms with E-state index in [1.807, 2.05) is 50.2 Å². The average molecular weight is 502 g/mol. The molecule has 0 aliphatic carbocycles. The fourth-order valence-electron chi connectivity index (χ4n) is 3.83. The van der Waals surface area contributed by atoms with Crippen LogP contribution in [0.2, 0.25) is 0 Å². The molecule has 2 aromatic carbocycles. The van der Waals surface area contributed by atoms with E-state index in [4.69, 9.17) is 0 Å². The lowest BCUT2D eigenvalue weighted by molar-refractivity contribution is -0.140. The van der Waals surface area contributed by atoms with Gasteiger partial charge in [0.15, 0.2) is 0 Å². The number of hydrogen-bond donors (Lipinski definition) is 1. The fraction of sp³-hybridized carbons (Fsp3) is 0.481. The molecule has 0 spiro atoms. The van der Waals surface area contributed by atoms with Gasteiger partial charge in [-0.1, -0.05) is 61.4 Å². The quantitative estimate of drug-likeness (QED) is 0.417. The van der Waals surface area contributed by atoms with Gasteiger partial charge in [-0.15, -0.1) is 0 Å². The molecular weight excluding hydrogens is 462 g/mol. The van der Waals surface area contributed by atoms with Crippen LogP contribution in [0.15, 0.2) is 48.5 Å². The van der Waals surface area contributed by atoms with Gasteiger partial charge < -0.3 is 10.2 Å². The normalized spacial score (nSPS) is 12.1. The van der Waals surface area contributed by atoms with Crippen LogP contribution in [0.5, 0.6) is 0 Å². The van der Waals surface area contributed by atoms with E-state index < -0.39 is 16.1 Å². The zero-order chi connectivity index (χ0) is 26.0. The van der Waals surface area contributed by atoms with E-state index in [1.165, 1.54) is 10.6 Å². The Morgan fingerprint density at radius 1 is 1.00 bits per heavy atom. The van der Waals surface area contributed by atoms with E-state index in [9.17, 15) is 18.0 Å². The van der Waals surface area contributed by atoms with Crippen molar-refractivity contribution in [2.45, 2.75) is 66.0 Å². The van der Waals surface area contributed by atoms with Crippen molar-refractivity contribution in [3.8, 4) is 0 Å². The highest BCUT2D eigenvalue weighted by Gasteiger charge is 2.26. The first-order valence-electron chi connectivity index (χ1n) is 12.2. The van der Waals surface area contributed by atoms with E-state index in [1.54, 1.807) is 24.0 Å². The van der Waals surface area contributed by atoms with E-state index >= 15 is 0 Å². The third kappa shape index (κ3) is 8.69. The third-order valence-electron chi connectivity index (χ3n) is 6.01. The van der Waals surface area contributed by atoms with Gasteiger partial charge in [0.05, 0.1) is 11.9 Å². The number of anilines is 1. The van der Waals surface area contributed by atoms with E-state index in [2.05, 4.69) is 12.2 Å². The number of benzene rings is 2. The third-order valence-corrected chi connectivity index (χ3v) is 7.19. The van der Waals surface area contributed by atoms with Crippen molar-refractivity contribution in [3.05, 3.63) is 65.2 Å². The summed E-state index contributed by atoms with van der Waals surface area (Å²) in [5, 5.41) is 2.92. The van der Waals surface area contributed by atoms with Crippen LogP contribution < -0.4 is 9.62 Å². The van der Waals surface area contributed by atoms with Gasteiger partial charge in [0, 0.05) is 26.1 Å². The summed E-state index contributed by atoms with van der Waals surface area (Å²) in [5.41, 5.74) is 3.52. The molecule has 0 bridgehead atoms. The Morgan fingerprint density at radius 2 is 1.66 bits per heavy atom. The number of carbonyl (C=O) groups is 2. The predicted octanol–water partition coefficient (Wildman–Crippen LogP) is 4.18. The summed E-state index contributed by atoms with van der Waals surface area (Å²) in [4.78, 5) is 27.6. The van der Waals surface area contributed by atoms with Crippen LogP contribution in [-0.4, -0.2) is 50.5 Å². The first-order chi connectivity index (χ1) is 16.5. The monoisotopic (exact) mass is 501 g/mol. The summed E-state index contributed by atoms with van der Waals surface area (Å²) in [6.45, 7) is 8.73. The zero-order valence-corrected chi connectivity index (χ0v) is 22.4. The molecule has 2 rings (SSSR count). The first kappa shape index (κ1) is 28.4. The maximum absolute atomic E-state index is 13.3. The number of nitrogens with zero attached hydrogens (tertiary/aromatic N) is 2. The molecule has 0 aromatic heterocycles. The second kappa shape index (κ2) is 13.3. The van der Waals surface area contributed by atoms with Gasteiger partial charge in [0.25, 0.3) is 0 Å². The summed E-state index contributed by atoms with van der Waals surface area (Å²) >= 11 is 0. The van der Waals surface area contributed by atoms with Crippen LogP contribution >= 0.6 is 0 Å². The van der Waals surface area contributed by atoms with Crippen LogP contribution in [0.1, 0.15) is 56.2 Å². The molecule has 0 heterocycles. The number of carbonyl (C=O) groups excluding carboxylic acids is 2. The van der Waals surface area contributed by atoms with Crippen molar-refractivity contribution in [2.75, 3.05) is 23.7 Å². The Bertz CT molecular complexity index is 1080. The number of rotatable bonds is 13. The number of aryl methyl sites for hydroxylation is 2. The maximum atomic E-state index is 13.3. The van der Waals surface area contributed by atoms with Crippen molar-refractivity contribution < 1.29 is 18.0 Å². The van der Waals surface area contributed by atoms with Gasteiger partial charge in [0.1, 0.15) is 6.04 Å². The van der Waals surface area contributed by atoms with E-state index in [0.717, 1.165) is 29.5 Å². The molecule has 2 amide bonds. The maximum Gasteiger partial charge on any atom is 0.242 e. The smallest absolute Gasteiger partial charge is 0.242 e. The molecule has 7 nitrogen and oxygen atoms in total. The molecule has 0 unspecified atom stereocenters. The molecule has 8 heteroatoms. The molecule has 0 saturated heterocycles. The fourth-order valence-corrected chi connectivity index (χ4v) is 4.86. The van der Waals surface area contributed by atoms with Crippen molar-refractivity contribution in [1.29, 1.82) is 0 Å². The summed E-state index contributed by atoms with van der Waals surface area (Å²) in [6, 6.07) is 14.5. The number of para-hydroxylation sites is 1. The highest BCUT2D eigenvalue weighted by Crippen LogP contribution is 2.23. The first-order valence-corrected chi connectivity index (χ1v) is 14.1. The van der Waals surface area contributed by atoms with Crippen LogP contribution in [-0.2, 0) is 26.2 Å². The SMILES string of the molecule is CCCCNC(=O)[C@@H](C)N(Cc1ccc(C)cc1)C(=O)CCCN(c1ccccc1C)S(C)(=O)=O. The number of unbranched alkanes of at least 4 members (excludes halogenated alkanes) is 1. The lowest BCUT2D eigenvalue weighted by Gasteiger charge is -2.29. The molecule has 192 valence electrons. The highest BCUT2D eigenvalue weighted by atomic mass is 32.2. The van der Waals surface area contributed by atoms with Crippen LogP contribution in [0.4, 0.5) is 5.69 Å². The van der Waals surface area contributed by atoms with E-state index in [0.29, 0.717) is 25.2 Å². The molecule has 1 N–H and O–H groups in total. The van der Waals surface area contributed by atoms with Crippen LogP contribution in [0.25, 0.3) is 0 Å². The van der Waals surface area contributed by atoms with Gasteiger partial charge in [-0.05, 0) is 50.8 Å². The van der Waals surface area contributed by atoms with Crippen LogP contribution in [0, 0.1) is 13.8 Å². The lowest BCUT2D eigenvalue weighted by Crippen LogP contribution is -2.48. The molecule has 0 aliphatic rings. The second-order valence-electron chi connectivity index (χ2n) is 9.05. The van der Waals surface area contributed by atoms with Crippen molar-refractivity contribution in [3.63, 3.8) is 0 Å². The summed E-state index contributed by atoms with van der Waals surface area (Å²) in [7, 11) is -3.51. The molecule has 0 fully saturated rings. The Balaban J connectivity index is 2.14. The minimum Gasteiger partial charge on any atom is -0.354 e. The Morgan fingerprint density at radius 3 is 2.26 bits per heavy atom. The molecule has 35 heavy (non-hydrogen) atoms. The molecule has 0 saturated carbocycles. The molecule has 1 atom stereocenters. The minimum atomic E-state index is -3.51. The van der Waals surface area contributed by atoms with Gasteiger partial charge in [-0.2, -0.15) is 0 Å². The predicted molar refractivity (Wildman–Crippen MR) is 142 cm³/mol. The average Bonchev–Trinajstić information content (AvgIpc) is 2.81. The standard InChI is InChI=1S/C27H39N3O4S/c1-6-7-18-28-27(32)23(4)29(20-24-16-14-21(2)15-17-24)26(31)13-10-19-30(35(5,33)34)25-12-9-8-11-22(25)3/h8-9,11-12,14-17,23H,6-7,10,13,18-20H2,1-5H3,(H,28,32)/t23-/m1/s1. The van der Waals surface area contributed by atoms with Crippen molar-refractivity contribution in [1.82, 2.24) is 10.2 Å². The Labute approximate surface area is 210 Å². The summed E-state index contributed by atoms with van der Waals surface area (Å²) in [5.74, 6) is -0.362. The minimum absolute atomic E-state index is 0.135. The largest absolute Gasteiger partial charge is 0.354 e. The molecule has 0 aliphatic heterocycles. The van der Waals surface area contributed by atoms with Crippen molar-refractivity contribution >= 4 is 27.5 Å². The topological polar surface area (TPSA) is 86.8 Å².